The van der Waals surface area contributed by atoms with Crippen LogP contribution in [0.3, 0.4) is 0 Å². The summed E-state index contributed by atoms with van der Waals surface area (Å²) in [6.07, 6.45) is 15.6. The van der Waals surface area contributed by atoms with Crippen molar-refractivity contribution >= 4 is 0 Å². The minimum atomic E-state index is -0.718. The highest BCUT2D eigenvalue weighted by Gasteiger charge is 1.93. The van der Waals surface area contributed by atoms with Crippen molar-refractivity contribution in [2.45, 2.75) is 64.6 Å². The van der Waals surface area contributed by atoms with Gasteiger partial charge < -0.3 is 10.2 Å². The summed E-state index contributed by atoms with van der Waals surface area (Å²) in [5.41, 5.74) is 0. The Labute approximate surface area is 153 Å². The molecule has 0 rings (SSSR count). The van der Waals surface area contributed by atoms with E-state index in [1.54, 1.807) is 0 Å². The molecule has 0 heterocycles. The second-order valence-corrected chi connectivity index (χ2v) is 5.28. The molecule has 0 aromatic rings. The Bertz CT molecular complexity index is 616. The summed E-state index contributed by atoms with van der Waals surface area (Å²) >= 11 is 0. The van der Waals surface area contributed by atoms with Crippen molar-refractivity contribution in [3.05, 3.63) is 72.8 Å². The Morgan fingerprint density at radius 3 is 1.88 bits per heavy atom. The number of hydrogen-bond acceptors (Lipinski definition) is 2. The third-order valence-electron chi connectivity index (χ3n) is 2.96. The molecule has 0 saturated heterocycles. The van der Waals surface area contributed by atoms with Gasteiger partial charge in [0.2, 0.25) is 0 Å². The van der Waals surface area contributed by atoms with Crippen LogP contribution in [0.15, 0.2) is 72.8 Å². The first-order valence-corrected chi connectivity index (χ1v) is 8.66. The van der Waals surface area contributed by atoms with E-state index in [9.17, 15) is 10.2 Å². The molecule has 0 saturated carbocycles. The van der Waals surface area contributed by atoms with E-state index in [4.69, 9.17) is 5.48 Å². The molecule has 2 heteroatoms. The minimum Gasteiger partial charge on any atom is -0.389 e. The highest BCUT2D eigenvalue weighted by molar-refractivity contribution is 5.10. The molecule has 0 spiro atoms. The highest BCUT2D eigenvalue weighted by atomic mass is 16.3. The highest BCUT2D eigenvalue weighted by Crippen LogP contribution is 1.99. The fraction of sp³-hybridized carbons (Fsp3) is 0.455. The predicted molar refractivity (Wildman–Crippen MR) is 106 cm³/mol. The van der Waals surface area contributed by atoms with Crippen LogP contribution in [0.25, 0.3) is 0 Å². The second kappa shape index (κ2) is 17.7. The topological polar surface area (TPSA) is 40.5 Å². The van der Waals surface area contributed by atoms with Gasteiger partial charge in [-0.3, -0.25) is 0 Å². The first kappa shape index (κ1) is 15.9. The van der Waals surface area contributed by atoms with E-state index in [2.05, 4.69) is 6.92 Å². The number of hydrogen-bond donors (Lipinski definition) is 2. The van der Waals surface area contributed by atoms with Crippen LogP contribution in [0, 0.1) is 0 Å². The molecule has 0 aliphatic rings. The summed E-state index contributed by atoms with van der Waals surface area (Å²) in [5.74, 6) is 0. The average Bonchev–Trinajstić information content (AvgIpc) is 2.67. The van der Waals surface area contributed by atoms with Gasteiger partial charge in [0.1, 0.15) is 0 Å². The van der Waals surface area contributed by atoms with Crippen molar-refractivity contribution in [1.29, 1.82) is 0 Å². The molecule has 0 radical (unpaired) electrons. The number of aliphatic hydroxyl groups excluding tert-OH is 2. The van der Waals surface area contributed by atoms with Crippen LogP contribution in [0.4, 0.5) is 0 Å². The number of rotatable bonds is 13. The molecule has 0 aromatic carbocycles. The van der Waals surface area contributed by atoms with Crippen molar-refractivity contribution in [3.8, 4) is 0 Å². The van der Waals surface area contributed by atoms with Crippen molar-refractivity contribution in [2.75, 3.05) is 0 Å². The Kier molecular flexibility index (Phi) is 11.7. The van der Waals surface area contributed by atoms with Crippen molar-refractivity contribution in [2.24, 2.45) is 0 Å². The zero-order chi connectivity index (χ0) is 21.4. The lowest BCUT2D eigenvalue weighted by Crippen LogP contribution is -1.98. The van der Waals surface area contributed by atoms with Crippen molar-refractivity contribution < 1.29 is 15.7 Å². The summed E-state index contributed by atoms with van der Waals surface area (Å²) in [7, 11) is 0. The van der Waals surface area contributed by atoms with E-state index >= 15 is 0 Å². The van der Waals surface area contributed by atoms with Crippen LogP contribution in [-0.2, 0) is 0 Å². The molecule has 0 amide bonds. The molecule has 0 fully saturated rings. The third kappa shape index (κ3) is 16.7. The summed E-state index contributed by atoms with van der Waals surface area (Å²) in [5, 5.41) is 19.6. The number of unbranched alkanes of at least 4 members (excludes halogenated alkanes) is 1. The van der Waals surface area contributed by atoms with Gasteiger partial charge in [-0.25, -0.2) is 0 Å². The van der Waals surface area contributed by atoms with Crippen LogP contribution < -0.4 is 0 Å². The van der Waals surface area contributed by atoms with Gasteiger partial charge in [-0.2, -0.15) is 0 Å². The molecule has 24 heavy (non-hydrogen) atoms. The van der Waals surface area contributed by atoms with E-state index in [0.717, 1.165) is 19.3 Å². The molecule has 0 aliphatic heterocycles. The molecule has 0 aliphatic carbocycles. The zero-order valence-corrected chi connectivity index (χ0v) is 14.9. The normalized spacial score (nSPS) is 20.0. The van der Waals surface area contributed by atoms with Gasteiger partial charge in [0, 0.05) is 0 Å². The largest absolute Gasteiger partial charge is 0.389 e. The first-order valence-electron chi connectivity index (χ1n) is 10.7. The molecule has 0 aromatic heterocycles. The maximum atomic E-state index is 9.83. The Balaban J connectivity index is 4.76. The maximum Gasteiger partial charge on any atom is 0.0758 e. The monoisotopic (exact) mass is 334 g/mol. The van der Waals surface area contributed by atoms with E-state index in [1.807, 2.05) is 31.2 Å². The summed E-state index contributed by atoms with van der Waals surface area (Å²) in [6, 6.07) is -0.387. The van der Waals surface area contributed by atoms with Crippen molar-refractivity contribution in [1.82, 2.24) is 0 Å². The molecule has 0 unspecified atom stereocenters. The quantitative estimate of drug-likeness (QED) is 0.348. The molecule has 2 nitrogen and oxygen atoms in total. The lowest BCUT2D eigenvalue weighted by Gasteiger charge is -1.98. The van der Waals surface area contributed by atoms with Gasteiger partial charge in [0.05, 0.1) is 17.7 Å². The molecule has 2 N–H and O–H groups in total. The van der Waals surface area contributed by atoms with Crippen LogP contribution in [0.1, 0.15) is 57.9 Å². The second-order valence-electron chi connectivity index (χ2n) is 5.28. The number of aliphatic hydroxyl groups is 2. The van der Waals surface area contributed by atoms with Gasteiger partial charge in [-0.05, 0) is 32.1 Å². The van der Waals surface area contributed by atoms with E-state index < -0.39 is 12.2 Å². The molecular weight excluding hydrogens is 296 g/mol. The van der Waals surface area contributed by atoms with Crippen LogP contribution in [-0.4, -0.2) is 22.4 Å². The molecule has 2 atom stereocenters. The summed E-state index contributed by atoms with van der Waals surface area (Å²) in [4.78, 5) is 0. The first-order chi connectivity index (χ1) is 13.3. The lowest BCUT2D eigenvalue weighted by molar-refractivity contribution is 0.226. The van der Waals surface area contributed by atoms with Crippen molar-refractivity contribution in [3.63, 3.8) is 0 Å². The van der Waals surface area contributed by atoms with Gasteiger partial charge >= 0.3 is 0 Å². The number of allylic oxidation sites excluding steroid dienone is 8. The van der Waals surface area contributed by atoms with Gasteiger partial charge in [0.15, 0.2) is 0 Å². The standard InChI is InChI=1S/C22H34O2/c1-3-5-7-14-18-22(24)20-16-12-10-8-9-11-15-19-21(23)17-13-6-4-2/h6-7,9-16,19-24H,3-5,8,17-18H2,1-2H3/b11-9-,12-10-,13-6-,14-7-,19-15+,20-16+/t21-,22-/m0/s1/i9D,10D,11D,12D. The minimum absolute atomic E-state index is 0.0946. The van der Waals surface area contributed by atoms with E-state index in [-0.39, 0.29) is 30.6 Å². The van der Waals surface area contributed by atoms with Gasteiger partial charge in [-0.15, -0.1) is 0 Å². The van der Waals surface area contributed by atoms with Gasteiger partial charge in [0.25, 0.3) is 0 Å². The fourth-order valence-corrected chi connectivity index (χ4v) is 1.66. The van der Waals surface area contributed by atoms with E-state index in [0.29, 0.717) is 12.8 Å². The summed E-state index contributed by atoms with van der Waals surface area (Å²) < 4.78 is 31.5. The predicted octanol–water partition coefficient (Wildman–Crippen LogP) is 5.43. The Morgan fingerprint density at radius 1 is 0.833 bits per heavy atom. The summed E-state index contributed by atoms with van der Waals surface area (Å²) in [6.45, 7) is 4.08. The SMILES string of the molecule is [2H]C(/C=C/[C@@H](O)C/C=C\CC)=C(\[2H])C/C([2H])=C([2H])\C=C\[C@@H](O)C/C=C\CCC. The Hall–Kier alpha value is -1.64. The van der Waals surface area contributed by atoms with Crippen LogP contribution >= 0.6 is 0 Å². The average molecular weight is 335 g/mol. The zero-order valence-electron chi connectivity index (χ0n) is 18.9. The van der Waals surface area contributed by atoms with E-state index in [1.165, 1.54) is 24.3 Å². The van der Waals surface area contributed by atoms with Crippen LogP contribution in [0.5, 0.6) is 0 Å². The third-order valence-corrected chi connectivity index (χ3v) is 2.96. The molecule has 134 valence electrons. The molecule has 0 bridgehead atoms. The van der Waals surface area contributed by atoms with Crippen LogP contribution in [0.2, 0.25) is 0 Å². The smallest absolute Gasteiger partial charge is 0.0758 e. The fourth-order valence-electron chi connectivity index (χ4n) is 1.66. The molecular formula is C22H34O2. The lowest BCUT2D eigenvalue weighted by atomic mass is 10.2. The maximum absolute atomic E-state index is 9.83. The Morgan fingerprint density at radius 2 is 1.38 bits per heavy atom. The van der Waals surface area contributed by atoms with Gasteiger partial charge in [-0.1, -0.05) is 93.1 Å².